The molecule has 3 rings (SSSR count). The Hall–Kier alpha value is -2.01. The third-order valence-corrected chi connectivity index (χ3v) is 3.66. The molecule has 12 heteroatoms. The second-order valence-corrected chi connectivity index (χ2v) is 5.50. The molecule has 0 N–H and O–H groups in total. The van der Waals surface area contributed by atoms with Crippen LogP contribution >= 0.6 is 0 Å². The molecule has 0 aliphatic carbocycles. The predicted octanol–water partition coefficient (Wildman–Crippen LogP) is -1.33. The van der Waals surface area contributed by atoms with Gasteiger partial charge in [0.25, 0.3) is 0 Å². The van der Waals surface area contributed by atoms with Gasteiger partial charge >= 0.3 is 29.6 Å². The zero-order valence-electron chi connectivity index (χ0n) is 11.7. The molecule has 0 atom stereocenters. The molecule has 10 nitrogen and oxygen atoms in total. The van der Waals surface area contributed by atoms with Crippen molar-refractivity contribution >= 4 is 26.8 Å². The summed E-state index contributed by atoms with van der Waals surface area (Å²) < 4.78 is 34.4. The number of benzene rings is 1. The molecule has 23 heavy (non-hydrogen) atoms. The minimum Gasteiger partial charge on any atom is -0.744 e. The van der Waals surface area contributed by atoms with E-state index in [1.54, 1.807) is 0 Å². The van der Waals surface area contributed by atoms with E-state index < -0.39 is 10.1 Å². The standard InChI is InChI=1S/C11H7N7O3S.Na/c12-17-16-10-11(14-4-3-13-10)18-9-2-1-8(22(19,20)21)5-7(9)6-15-18;/h1-6H,(H,19,20,21);/q;+1/p-1. The molecule has 0 aliphatic rings. The molecule has 0 radical (unpaired) electrons. The summed E-state index contributed by atoms with van der Waals surface area (Å²) in [6.45, 7) is 0. The normalized spacial score (nSPS) is 10.8. The molecular formula is C11H6N7NaO3S. The largest absolute Gasteiger partial charge is 1.00 e. The molecule has 0 aliphatic heterocycles. The Kier molecular flexibility index (Phi) is 5.00. The fraction of sp³-hybridized carbons (Fsp3) is 0. The van der Waals surface area contributed by atoms with E-state index in [0.29, 0.717) is 10.9 Å². The molecule has 0 bridgehead atoms. The summed E-state index contributed by atoms with van der Waals surface area (Å²) in [6, 6.07) is 3.80. The number of fused-ring (bicyclic) bond motifs is 1. The fourth-order valence-corrected chi connectivity index (χ4v) is 2.43. The summed E-state index contributed by atoms with van der Waals surface area (Å²) in [5.74, 6) is 0.212. The Labute approximate surface area is 151 Å². The van der Waals surface area contributed by atoms with Gasteiger partial charge in [0, 0.05) is 22.7 Å². The molecule has 2 aromatic heterocycles. The van der Waals surface area contributed by atoms with Crippen LogP contribution in [0, 0.1) is 0 Å². The van der Waals surface area contributed by atoms with Gasteiger partial charge in [-0.15, -0.1) is 0 Å². The molecule has 0 fully saturated rings. The minimum absolute atomic E-state index is 0. The van der Waals surface area contributed by atoms with E-state index in [4.69, 9.17) is 5.53 Å². The van der Waals surface area contributed by atoms with Crippen LogP contribution in [0.25, 0.3) is 27.2 Å². The molecular weight excluding hydrogens is 333 g/mol. The number of rotatable bonds is 3. The predicted molar refractivity (Wildman–Crippen MR) is 73.4 cm³/mol. The summed E-state index contributed by atoms with van der Waals surface area (Å²) in [5.41, 5.74) is 9.03. The van der Waals surface area contributed by atoms with Crippen LogP contribution in [-0.2, 0) is 10.1 Å². The first-order valence-electron chi connectivity index (χ1n) is 5.81. The quantitative estimate of drug-likeness (QED) is 0.189. The van der Waals surface area contributed by atoms with Gasteiger partial charge in [-0.25, -0.2) is 23.1 Å². The molecule has 2 heterocycles. The van der Waals surface area contributed by atoms with E-state index in [9.17, 15) is 13.0 Å². The van der Waals surface area contributed by atoms with Crippen LogP contribution in [0.15, 0.2) is 46.8 Å². The zero-order chi connectivity index (χ0) is 15.7. The van der Waals surface area contributed by atoms with Crippen molar-refractivity contribution in [2.24, 2.45) is 5.11 Å². The van der Waals surface area contributed by atoms with Crippen molar-refractivity contribution in [2.75, 3.05) is 0 Å². The number of azide groups is 1. The molecule has 110 valence electrons. The number of nitrogens with zero attached hydrogens (tertiary/aromatic N) is 7. The Morgan fingerprint density at radius 2 is 2.00 bits per heavy atom. The summed E-state index contributed by atoms with van der Waals surface area (Å²) in [7, 11) is -4.55. The van der Waals surface area contributed by atoms with Crippen LogP contribution in [0.1, 0.15) is 0 Å². The second-order valence-electron chi connectivity index (χ2n) is 4.12. The summed E-state index contributed by atoms with van der Waals surface area (Å²) in [5, 5.41) is 7.92. The van der Waals surface area contributed by atoms with Crippen molar-refractivity contribution in [3.63, 3.8) is 0 Å². The molecule has 3 aromatic rings. The minimum atomic E-state index is -4.55. The third-order valence-electron chi connectivity index (χ3n) is 2.83. The van der Waals surface area contributed by atoms with Gasteiger partial charge in [-0.2, -0.15) is 5.10 Å². The van der Waals surface area contributed by atoms with Gasteiger partial charge in [0.05, 0.1) is 16.6 Å². The molecule has 0 saturated heterocycles. The zero-order valence-corrected chi connectivity index (χ0v) is 14.5. The maximum Gasteiger partial charge on any atom is 1.00 e. The molecule has 0 spiro atoms. The van der Waals surface area contributed by atoms with Crippen LogP contribution in [0.5, 0.6) is 0 Å². The van der Waals surface area contributed by atoms with Gasteiger partial charge in [-0.3, -0.25) is 0 Å². The van der Waals surface area contributed by atoms with Crippen molar-refractivity contribution in [3.05, 3.63) is 47.2 Å². The van der Waals surface area contributed by atoms with E-state index in [-0.39, 0.29) is 46.1 Å². The fourth-order valence-electron chi connectivity index (χ4n) is 1.92. The van der Waals surface area contributed by atoms with Crippen molar-refractivity contribution in [1.82, 2.24) is 19.7 Å². The monoisotopic (exact) mass is 339 g/mol. The SMILES string of the molecule is [N-]=[N+]=Nc1nccnc1-n1ncc2cc(S(=O)(=O)[O-])ccc21.[Na+]. The Morgan fingerprint density at radius 1 is 1.26 bits per heavy atom. The van der Waals surface area contributed by atoms with Crippen molar-refractivity contribution in [3.8, 4) is 5.82 Å². The Morgan fingerprint density at radius 3 is 2.70 bits per heavy atom. The maximum absolute atomic E-state index is 11.0. The van der Waals surface area contributed by atoms with E-state index in [2.05, 4.69) is 25.1 Å². The first-order valence-corrected chi connectivity index (χ1v) is 7.22. The van der Waals surface area contributed by atoms with Crippen LogP contribution in [-0.4, -0.2) is 32.7 Å². The molecule has 0 amide bonds. The van der Waals surface area contributed by atoms with Crippen molar-refractivity contribution in [2.45, 2.75) is 4.90 Å². The van der Waals surface area contributed by atoms with Gasteiger partial charge in [0.2, 0.25) is 0 Å². The summed E-state index contributed by atoms with van der Waals surface area (Å²) >= 11 is 0. The van der Waals surface area contributed by atoms with Crippen LogP contribution in [0.2, 0.25) is 0 Å². The van der Waals surface area contributed by atoms with Gasteiger partial charge in [0.15, 0.2) is 11.6 Å². The smallest absolute Gasteiger partial charge is 0.744 e. The Bertz CT molecular complexity index is 1030. The van der Waals surface area contributed by atoms with Crippen molar-refractivity contribution in [1.29, 1.82) is 0 Å². The summed E-state index contributed by atoms with van der Waals surface area (Å²) in [6.07, 6.45) is 4.13. The average molecular weight is 339 g/mol. The van der Waals surface area contributed by atoms with E-state index >= 15 is 0 Å². The number of hydrogen-bond donors (Lipinski definition) is 0. The molecule has 1 aromatic carbocycles. The first-order chi connectivity index (χ1) is 10.5. The number of hydrogen-bond acceptors (Lipinski definition) is 7. The van der Waals surface area contributed by atoms with Gasteiger partial charge < -0.3 is 4.55 Å². The molecule has 0 saturated carbocycles. The third kappa shape index (κ3) is 3.34. The summed E-state index contributed by atoms with van der Waals surface area (Å²) in [4.78, 5) is 10.3. The van der Waals surface area contributed by atoms with Crippen LogP contribution in [0.4, 0.5) is 5.82 Å². The topological polar surface area (TPSA) is 150 Å². The van der Waals surface area contributed by atoms with Crippen LogP contribution < -0.4 is 29.6 Å². The number of aromatic nitrogens is 4. The second kappa shape index (κ2) is 6.62. The molecule has 0 unspecified atom stereocenters. The van der Waals surface area contributed by atoms with Gasteiger partial charge in [0.1, 0.15) is 10.1 Å². The average Bonchev–Trinajstić information content (AvgIpc) is 2.90. The maximum atomic E-state index is 11.0. The van der Waals surface area contributed by atoms with Crippen LogP contribution in [0.3, 0.4) is 0 Å². The first kappa shape index (κ1) is 17.3. The van der Waals surface area contributed by atoms with Gasteiger partial charge in [-0.05, 0) is 28.8 Å². The van der Waals surface area contributed by atoms with E-state index in [1.165, 1.54) is 41.5 Å². The van der Waals surface area contributed by atoms with E-state index in [1.807, 2.05) is 0 Å². The Balaban J connectivity index is 0.00000192. The van der Waals surface area contributed by atoms with Crippen molar-refractivity contribution < 1.29 is 42.5 Å². The van der Waals surface area contributed by atoms with Gasteiger partial charge in [-0.1, -0.05) is 0 Å². The van der Waals surface area contributed by atoms with E-state index in [0.717, 1.165) is 0 Å².